The predicted molar refractivity (Wildman–Crippen MR) is 166 cm³/mol. The third-order valence-corrected chi connectivity index (χ3v) is 10.1. The van der Waals surface area contributed by atoms with Gasteiger partial charge in [0.15, 0.2) is 0 Å². The second-order valence-corrected chi connectivity index (χ2v) is 14.1. The number of piperidine rings is 1. The standard InChI is InChI=1S/C33H41N5O2S/c1-33(2,3)23-10-8-22(9-11-23)31(39)37-19-26-27(20-37)28(26)21-38(32(40)29-7-6-16-41-29)24-12-13-30(34-17-24)36-15-14-25(18-36)35(4)5/h6-13,16-17,25-28H,14-15,18-21H2,1-5H3. The minimum Gasteiger partial charge on any atom is -0.355 e. The summed E-state index contributed by atoms with van der Waals surface area (Å²) < 4.78 is 0. The Morgan fingerprint density at radius 3 is 2.29 bits per heavy atom. The molecule has 0 spiro atoms. The number of aromatic nitrogens is 1. The molecular weight excluding hydrogens is 530 g/mol. The van der Waals surface area contributed by atoms with Gasteiger partial charge in [-0.1, -0.05) is 39.0 Å². The maximum Gasteiger partial charge on any atom is 0.268 e. The first-order chi connectivity index (χ1) is 19.6. The van der Waals surface area contributed by atoms with Gasteiger partial charge >= 0.3 is 0 Å². The van der Waals surface area contributed by atoms with Gasteiger partial charge in [-0.25, -0.2) is 4.98 Å². The van der Waals surface area contributed by atoms with E-state index in [1.807, 2.05) is 51.7 Å². The fraction of sp³-hybridized carbons (Fsp3) is 0.485. The van der Waals surface area contributed by atoms with Gasteiger partial charge in [0.1, 0.15) is 5.82 Å². The van der Waals surface area contributed by atoms with Gasteiger partial charge in [0.05, 0.1) is 16.8 Å². The highest BCUT2D eigenvalue weighted by Crippen LogP contribution is 2.52. The van der Waals surface area contributed by atoms with E-state index < -0.39 is 0 Å². The highest BCUT2D eigenvalue weighted by atomic mass is 32.1. The van der Waals surface area contributed by atoms with Gasteiger partial charge in [0.2, 0.25) is 0 Å². The van der Waals surface area contributed by atoms with Gasteiger partial charge < -0.3 is 19.6 Å². The van der Waals surface area contributed by atoms with E-state index in [0.29, 0.717) is 30.3 Å². The van der Waals surface area contributed by atoms with Crippen molar-refractivity contribution >= 4 is 34.7 Å². The first kappa shape index (κ1) is 27.9. The lowest BCUT2D eigenvalue weighted by molar-refractivity contribution is 0.0766. The Bertz CT molecular complexity index is 1370. The van der Waals surface area contributed by atoms with E-state index >= 15 is 0 Å². The Morgan fingerprint density at radius 1 is 1.00 bits per heavy atom. The molecule has 6 rings (SSSR count). The second kappa shape index (κ2) is 10.9. The lowest BCUT2D eigenvalue weighted by Crippen LogP contribution is -2.36. The van der Waals surface area contributed by atoms with E-state index in [2.05, 4.69) is 62.9 Å². The third-order valence-electron chi connectivity index (χ3n) is 9.29. The SMILES string of the molecule is CN(C)C1CCN(c2ccc(N(CC3C4CN(C(=O)c5ccc(C(C)(C)C)cc5)CC43)C(=O)c3cccs3)cn2)C1. The molecule has 1 saturated carbocycles. The van der Waals surface area contributed by atoms with Crippen molar-refractivity contribution in [1.82, 2.24) is 14.8 Å². The largest absolute Gasteiger partial charge is 0.355 e. The number of likely N-dealkylation sites (tertiary alicyclic amines) is 1. The number of benzene rings is 1. The summed E-state index contributed by atoms with van der Waals surface area (Å²) >= 11 is 1.48. The maximum atomic E-state index is 13.6. The second-order valence-electron chi connectivity index (χ2n) is 13.1. The first-order valence-corrected chi connectivity index (χ1v) is 15.6. The number of amides is 2. The summed E-state index contributed by atoms with van der Waals surface area (Å²) in [6, 6.07) is 16.5. The van der Waals surface area contributed by atoms with Crippen LogP contribution in [-0.4, -0.2) is 79.5 Å². The third kappa shape index (κ3) is 5.64. The van der Waals surface area contributed by atoms with Crippen molar-refractivity contribution in [3.63, 3.8) is 0 Å². The number of anilines is 2. The maximum absolute atomic E-state index is 13.6. The average Bonchev–Trinajstić information content (AvgIpc) is 3.52. The molecular formula is C33H41N5O2S. The summed E-state index contributed by atoms with van der Waals surface area (Å²) in [6.07, 6.45) is 2.99. The number of likely N-dealkylation sites (N-methyl/N-ethyl adjacent to an activating group) is 1. The quantitative estimate of drug-likeness (QED) is 0.388. The molecule has 1 aliphatic carbocycles. The molecule has 3 atom stereocenters. The van der Waals surface area contributed by atoms with Crippen LogP contribution in [0.3, 0.4) is 0 Å². The van der Waals surface area contributed by atoms with Crippen molar-refractivity contribution in [3.8, 4) is 0 Å². The van der Waals surface area contributed by atoms with Crippen LogP contribution in [0.4, 0.5) is 11.5 Å². The first-order valence-electron chi connectivity index (χ1n) is 14.7. The Hall–Kier alpha value is -3.23. The molecule has 3 unspecified atom stereocenters. The molecule has 2 amide bonds. The number of hydrogen-bond donors (Lipinski definition) is 0. The fourth-order valence-corrected chi connectivity index (χ4v) is 7.20. The van der Waals surface area contributed by atoms with Crippen LogP contribution in [0.2, 0.25) is 0 Å². The summed E-state index contributed by atoms with van der Waals surface area (Å²) in [4.78, 5) is 40.9. The van der Waals surface area contributed by atoms with Crippen molar-refractivity contribution in [2.45, 2.75) is 38.6 Å². The van der Waals surface area contributed by atoms with Gasteiger partial charge in [-0.3, -0.25) is 9.59 Å². The van der Waals surface area contributed by atoms with E-state index in [-0.39, 0.29) is 17.2 Å². The fourth-order valence-electron chi connectivity index (χ4n) is 6.53. The number of rotatable bonds is 7. The Kier molecular flexibility index (Phi) is 7.41. The highest BCUT2D eigenvalue weighted by molar-refractivity contribution is 7.12. The lowest BCUT2D eigenvalue weighted by Gasteiger charge is -2.26. The van der Waals surface area contributed by atoms with Crippen LogP contribution in [0.1, 0.15) is 52.8 Å². The molecule has 8 heteroatoms. The van der Waals surface area contributed by atoms with Crippen molar-refractivity contribution in [2.24, 2.45) is 17.8 Å². The molecule has 0 N–H and O–H groups in total. The number of nitrogens with zero attached hydrogens (tertiary/aromatic N) is 5. The zero-order valence-corrected chi connectivity index (χ0v) is 25.6. The summed E-state index contributed by atoms with van der Waals surface area (Å²) in [5.41, 5.74) is 2.89. The minimum absolute atomic E-state index is 0.0280. The molecule has 0 bridgehead atoms. The van der Waals surface area contributed by atoms with Crippen LogP contribution in [0.5, 0.6) is 0 Å². The highest BCUT2D eigenvalue weighted by Gasteiger charge is 2.57. The molecule has 2 aromatic heterocycles. The molecule has 4 heterocycles. The topological polar surface area (TPSA) is 60.0 Å². The molecule has 41 heavy (non-hydrogen) atoms. The zero-order chi connectivity index (χ0) is 28.9. The summed E-state index contributed by atoms with van der Waals surface area (Å²) in [6.45, 7) is 10.7. The van der Waals surface area contributed by atoms with E-state index in [1.54, 1.807) is 0 Å². The van der Waals surface area contributed by atoms with Gasteiger partial charge in [-0.2, -0.15) is 0 Å². The Morgan fingerprint density at radius 2 is 1.73 bits per heavy atom. The predicted octanol–water partition coefficient (Wildman–Crippen LogP) is 5.25. The van der Waals surface area contributed by atoms with Crippen LogP contribution >= 0.6 is 11.3 Å². The Labute approximate surface area is 247 Å². The van der Waals surface area contributed by atoms with Crippen LogP contribution in [0, 0.1) is 17.8 Å². The minimum atomic E-state index is 0.0280. The van der Waals surface area contributed by atoms with Crippen LogP contribution in [0.25, 0.3) is 0 Å². The van der Waals surface area contributed by atoms with E-state index in [1.165, 1.54) is 16.9 Å². The van der Waals surface area contributed by atoms with Gasteiger partial charge in [0, 0.05) is 44.3 Å². The molecule has 2 aliphatic heterocycles. The average molecular weight is 572 g/mol. The van der Waals surface area contributed by atoms with E-state index in [0.717, 1.165) is 54.5 Å². The van der Waals surface area contributed by atoms with Gasteiger partial charge in [-0.05, 0) is 85.0 Å². The van der Waals surface area contributed by atoms with Crippen LogP contribution in [0.15, 0.2) is 60.1 Å². The molecule has 3 fully saturated rings. The molecule has 0 radical (unpaired) electrons. The number of pyridine rings is 1. The molecule has 3 aliphatic rings. The normalized spacial score (nSPS) is 23.7. The van der Waals surface area contributed by atoms with E-state index in [9.17, 15) is 9.59 Å². The number of hydrogen-bond acceptors (Lipinski definition) is 6. The summed E-state index contributed by atoms with van der Waals surface area (Å²) in [5, 5.41) is 1.95. The summed E-state index contributed by atoms with van der Waals surface area (Å²) in [5.74, 6) is 2.37. The number of thiophene rings is 1. The Balaban J connectivity index is 1.12. The smallest absolute Gasteiger partial charge is 0.268 e. The van der Waals surface area contributed by atoms with Crippen molar-refractivity contribution in [3.05, 3.63) is 76.1 Å². The molecule has 2 saturated heterocycles. The molecule has 7 nitrogen and oxygen atoms in total. The monoisotopic (exact) mass is 571 g/mol. The molecule has 216 valence electrons. The van der Waals surface area contributed by atoms with Crippen LogP contribution in [-0.2, 0) is 5.41 Å². The number of carbonyl (C=O) groups excluding carboxylic acids is 2. The van der Waals surface area contributed by atoms with Gasteiger partial charge in [-0.15, -0.1) is 11.3 Å². The van der Waals surface area contributed by atoms with Crippen LogP contribution < -0.4 is 9.80 Å². The van der Waals surface area contributed by atoms with Crippen molar-refractivity contribution < 1.29 is 9.59 Å². The molecule has 3 aromatic rings. The zero-order valence-electron chi connectivity index (χ0n) is 24.8. The number of fused-ring (bicyclic) bond motifs is 1. The summed E-state index contributed by atoms with van der Waals surface area (Å²) in [7, 11) is 4.26. The van der Waals surface area contributed by atoms with Crippen molar-refractivity contribution in [1.29, 1.82) is 0 Å². The number of carbonyl (C=O) groups is 2. The molecule has 1 aromatic carbocycles. The van der Waals surface area contributed by atoms with Crippen molar-refractivity contribution in [2.75, 3.05) is 56.6 Å². The lowest BCUT2D eigenvalue weighted by atomic mass is 9.86. The van der Waals surface area contributed by atoms with E-state index in [4.69, 9.17) is 4.98 Å². The van der Waals surface area contributed by atoms with Gasteiger partial charge in [0.25, 0.3) is 11.8 Å².